The van der Waals surface area contributed by atoms with Crippen molar-refractivity contribution in [3.63, 3.8) is 0 Å². The van der Waals surface area contributed by atoms with E-state index in [2.05, 4.69) is 4.98 Å². The number of hydrogen-bond acceptors (Lipinski definition) is 3. The Morgan fingerprint density at radius 3 is 2.50 bits per heavy atom. The molecule has 2 N–H and O–H groups in total. The molecule has 1 heterocycles. The third-order valence-corrected chi connectivity index (χ3v) is 2.23. The smallest absolute Gasteiger partial charge is 0.390 e. The van der Waals surface area contributed by atoms with Crippen LogP contribution < -0.4 is 10.6 Å². The van der Waals surface area contributed by atoms with Gasteiger partial charge in [0, 0.05) is 13.6 Å². The van der Waals surface area contributed by atoms with Gasteiger partial charge in [-0.25, -0.2) is 4.98 Å². The number of aromatic nitrogens is 1. The van der Waals surface area contributed by atoms with Crippen LogP contribution in [0.2, 0.25) is 0 Å². The predicted octanol–water partition coefficient (Wildman–Crippen LogP) is 2.36. The molecule has 0 bridgehead atoms. The minimum atomic E-state index is -4.14. The number of aryl methyl sites for hydroxylation is 1. The molecule has 0 unspecified atom stereocenters. The zero-order valence-electron chi connectivity index (χ0n) is 9.17. The summed E-state index contributed by atoms with van der Waals surface area (Å²) < 4.78 is 36.0. The Kier molecular flexibility index (Phi) is 3.62. The quantitative estimate of drug-likeness (QED) is 0.871. The number of rotatable bonds is 3. The SMILES string of the molecule is Cc1nc(N(C)CCC(F)(F)F)ccc1N. The van der Waals surface area contributed by atoms with E-state index in [0.717, 1.165) is 0 Å². The van der Waals surface area contributed by atoms with Crippen LogP contribution in [0, 0.1) is 6.92 Å². The number of nitrogen functional groups attached to an aromatic ring is 1. The van der Waals surface area contributed by atoms with Gasteiger partial charge in [0.1, 0.15) is 5.82 Å². The molecular formula is C10H14F3N3. The maximum Gasteiger partial charge on any atom is 0.390 e. The first-order valence-corrected chi connectivity index (χ1v) is 4.80. The number of halogens is 3. The number of nitrogens with zero attached hydrogens (tertiary/aromatic N) is 2. The first-order chi connectivity index (χ1) is 7.29. The Morgan fingerprint density at radius 2 is 2.00 bits per heavy atom. The summed E-state index contributed by atoms with van der Waals surface area (Å²) in [6, 6.07) is 3.25. The minimum Gasteiger partial charge on any atom is -0.397 e. The van der Waals surface area contributed by atoms with Gasteiger partial charge in [-0.1, -0.05) is 0 Å². The molecule has 0 fully saturated rings. The highest BCUT2D eigenvalue weighted by atomic mass is 19.4. The zero-order chi connectivity index (χ0) is 12.3. The van der Waals surface area contributed by atoms with Crippen LogP contribution in [-0.2, 0) is 0 Å². The molecule has 1 rings (SSSR count). The lowest BCUT2D eigenvalue weighted by molar-refractivity contribution is -0.132. The van der Waals surface area contributed by atoms with Crippen molar-refractivity contribution < 1.29 is 13.2 Å². The first kappa shape index (κ1) is 12.6. The van der Waals surface area contributed by atoms with Crippen LogP contribution >= 0.6 is 0 Å². The highest BCUT2D eigenvalue weighted by Gasteiger charge is 2.27. The fourth-order valence-corrected chi connectivity index (χ4v) is 1.18. The number of alkyl halides is 3. The van der Waals surface area contributed by atoms with Crippen molar-refractivity contribution in [2.75, 3.05) is 24.2 Å². The van der Waals surface area contributed by atoms with E-state index in [-0.39, 0.29) is 6.54 Å². The van der Waals surface area contributed by atoms with Crippen molar-refractivity contribution in [1.82, 2.24) is 4.98 Å². The van der Waals surface area contributed by atoms with E-state index >= 15 is 0 Å². The average molecular weight is 233 g/mol. The Hall–Kier alpha value is -1.46. The van der Waals surface area contributed by atoms with Crippen molar-refractivity contribution in [3.05, 3.63) is 17.8 Å². The van der Waals surface area contributed by atoms with Crippen LogP contribution in [0.15, 0.2) is 12.1 Å². The van der Waals surface area contributed by atoms with Gasteiger partial charge in [-0.15, -0.1) is 0 Å². The summed E-state index contributed by atoms with van der Waals surface area (Å²) in [5.41, 5.74) is 6.73. The monoisotopic (exact) mass is 233 g/mol. The normalized spacial score (nSPS) is 11.6. The standard InChI is InChI=1S/C10H14F3N3/c1-7-8(14)3-4-9(15-7)16(2)6-5-10(11,12)13/h3-4H,5-6,14H2,1-2H3. The molecule has 0 amide bonds. The molecule has 6 heteroatoms. The Morgan fingerprint density at radius 1 is 1.38 bits per heavy atom. The zero-order valence-corrected chi connectivity index (χ0v) is 9.17. The second-order valence-corrected chi connectivity index (χ2v) is 3.63. The van der Waals surface area contributed by atoms with Gasteiger partial charge in [0.25, 0.3) is 0 Å². The Bertz CT molecular complexity index is 363. The fourth-order valence-electron chi connectivity index (χ4n) is 1.18. The lowest BCUT2D eigenvalue weighted by Gasteiger charge is -2.19. The number of hydrogen-bond donors (Lipinski definition) is 1. The van der Waals surface area contributed by atoms with Crippen molar-refractivity contribution in [3.8, 4) is 0 Å². The highest BCUT2D eigenvalue weighted by molar-refractivity contribution is 5.49. The van der Waals surface area contributed by atoms with Crippen molar-refractivity contribution >= 4 is 11.5 Å². The van der Waals surface area contributed by atoms with Gasteiger partial charge in [0.15, 0.2) is 0 Å². The molecule has 0 aromatic carbocycles. The lowest BCUT2D eigenvalue weighted by atomic mass is 10.3. The van der Waals surface area contributed by atoms with Crippen LogP contribution in [0.5, 0.6) is 0 Å². The number of anilines is 2. The molecule has 16 heavy (non-hydrogen) atoms. The van der Waals surface area contributed by atoms with E-state index in [1.54, 1.807) is 26.1 Å². The molecule has 3 nitrogen and oxygen atoms in total. The molecule has 0 aliphatic heterocycles. The average Bonchev–Trinajstić information content (AvgIpc) is 2.17. The van der Waals surface area contributed by atoms with Crippen LogP contribution in [0.25, 0.3) is 0 Å². The summed E-state index contributed by atoms with van der Waals surface area (Å²) in [5, 5.41) is 0. The van der Waals surface area contributed by atoms with Gasteiger partial charge in [-0.2, -0.15) is 13.2 Å². The van der Waals surface area contributed by atoms with Crippen molar-refractivity contribution in [2.24, 2.45) is 0 Å². The van der Waals surface area contributed by atoms with E-state index in [9.17, 15) is 13.2 Å². The van der Waals surface area contributed by atoms with E-state index in [4.69, 9.17) is 5.73 Å². The predicted molar refractivity (Wildman–Crippen MR) is 57.3 cm³/mol. The second-order valence-electron chi connectivity index (χ2n) is 3.63. The number of nitrogens with two attached hydrogens (primary N) is 1. The first-order valence-electron chi connectivity index (χ1n) is 4.80. The minimum absolute atomic E-state index is 0.111. The molecule has 0 aliphatic carbocycles. The van der Waals surface area contributed by atoms with Gasteiger partial charge in [0.2, 0.25) is 0 Å². The maximum atomic E-state index is 12.0. The molecule has 0 aliphatic rings. The van der Waals surface area contributed by atoms with Crippen LogP contribution in [0.1, 0.15) is 12.1 Å². The fraction of sp³-hybridized carbons (Fsp3) is 0.500. The van der Waals surface area contributed by atoms with Gasteiger partial charge in [-0.05, 0) is 19.1 Å². The van der Waals surface area contributed by atoms with E-state index in [1.165, 1.54) is 4.90 Å². The third kappa shape index (κ3) is 3.60. The van der Waals surface area contributed by atoms with Crippen molar-refractivity contribution in [1.29, 1.82) is 0 Å². The van der Waals surface area contributed by atoms with Crippen LogP contribution in [0.4, 0.5) is 24.7 Å². The summed E-state index contributed by atoms with van der Waals surface area (Å²) in [6.45, 7) is 1.61. The molecule has 0 radical (unpaired) electrons. The molecule has 0 saturated heterocycles. The molecule has 0 atom stereocenters. The molecule has 0 saturated carbocycles. The highest BCUT2D eigenvalue weighted by Crippen LogP contribution is 2.21. The molecule has 0 spiro atoms. The number of pyridine rings is 1. The molecular weight excluding hydrogens is 219 g/mol. The van der Waals surface area contributed by atoms with Crippen molar-refractivity contribution in [2.45, 2.75) is 19.5 Å². The van der Waals surface area contributed by atoms with Crippen LogP contribution in [-0.4, -0.2) is 24.8 Å². The molecule has 1 aromatic heterocycles. The van der Waals surface area contributed by atoms with Gasteiger partial charge < -0.3 is 10.6 Å². The molecule has 90 valence electrons. The lowest BCUT2D eigenvalue weighted by Crippen LogP contribution is -2.25. The maximum absolute atomic E-state index is 12.0. The van der Waals surface area contributed by atoms with E-state index in [0.29, 0.717) is 17.2 Å². The summed E-state index contributed by atoms with van der Waals surface area (Å²) in [6.07, 6.45) is -4.99. The van der Waals surface area contributed by atoms with E-state index in [1.807, 2.05) is 0 Å². The molecule has 1 aromatic rings. The van der Waals surface area contributed by atoms with Gasteiger partial charge in [-0.3, -0.25) is 0 Å². The van der Waals surface area contributed by atoms with Crippen LogP contribution in [0.3, 0.4) is 0 Å². The second kappa shape index (κ2) is 4.59. The van der Waals surface area contributed by atoms with E-state index < -0.39 is 12.6 Å². The third-order valence-electron chi connectivity index (χ3n) is 2.23. The van der Waals surface area contributed by atoms with Gasteiger partial charge in [0.05, 0.1) is 17.8 Å². The summed E-state index contributed by atoms with van der Waals surface area (Å²) in [5.74, 6) is 0.496. The summed E-state index contributed by atoms with van der Waals surface area (Å²) in [4.78, 5) is 5.57. The van der Waals surface area contributed by atoms with Gasteiger partial charge >= 0.3 is 6.18 Å². The largest absolute Gasteiger partial charge is 0.397 e. The topological polar surface area (TPSA) is 42.2 Å². The summed E-state index contributed by atoms with van der Waals surface area (Å²) in [7, 11) is 1.57. The Labute approximate surface area is 92.1 Å². The summed E-state index contributed by atoms with van der Waals surface area (Å²) >= 11 is 0. The Balaban J connectivity index is 2.66.